The molecule has 1 aromatic rings. The monoisotopic (exact) mass is 276 g/mol. The SMILES string of the molecule is CC(NCCN1CCCC1)c1ccc(NC(N)=O)cc1. The molecule has 0 spiro atoms. The van der Waals surface area contributed by atoms with Gasteiger partial charge in [-0.05, 0) is 50.6 Å². The molecule has 1 unspecified atom stereocenters. The van der Waals surface area contributed by atoms with Crippen molar-refractivity contribution >= 4 is 11.7 Å². The number of nitrogens with one attached hydrogen (secondary N) is 2. The number of rotatable bonds is 6. The van der Waals surface area contributed by atoms with Gasteiger partial charge < -0.3 is 21.3 Å². The number of hydrogen-bond donors (Lipinski definition) is 3. The lowest BCUT2D eigenvalue weighted by Gasteiger charge is -2.18. The van der Waals surface area contributed by atoms with E-state index < -0.39 is 6.03 Å². The number of anilines is 1. The summed E-state index contributed by atoms with van der Waals surface area (Å²) in [5, 5.41) is 6.10. The average molecular weight is 276 g/mol. The molecule has 2 rings (SSSR count). The molecule has 0 aliphatic carbocycles. The topological polar surface area (TPSA) is 70.4 Å². The van der Waals surface area contributed by atoms with Gasteiger partial charge in [-0.1, -0.05) is 12.1 Å². The van der Waals surface area contributed by atoms with Gasteiger partial charge in [-0.25, -0.2) is 4.79 Å². The summed E-state index contributed by atoms with van der Waals surface area (Å²) in [6, 6.07) is 7.55. The first-order valence-electron chi connectivity index (χ1n) is 7.27. The van der Waals surface area contributed by atoms with Crippen LogP contribution in [0.5, 0.6) is 0 Å². The van der Waals surface area contributed by atoms with Crippen LogP contribution in [0.4, 0.5) is 10.5 Å². The van der Waals surface area contributed by atoms with E-state index in [1.807, 2.05) is 24.3 Å². The third-order valence-electron chi connectivity index (χ3n) is 3.76. The second-order valence-electron chi connectivity index (χ2n) is 5.34. The summed E-state index contributed by atoms with van der Waals surface area (Å²) in [6.07, 6.45) is 2.67. The van der Waals surface area contributed by atoms with Crippen LogP contribution in [0, 0.1) is 0 Å². The molecule has 1 aliphatic rings. The van der Waals surface area contributed by atoms with Crippen LogP contribution in [0.25, 0.3) is 0 Å². The fraction of sp³-hybridized carbons (Fsp3) is 0.533. The van der Waals surface area contributed by atoms with Gasteiger partial charge in [0.25, 0.3) is 0 Å². The van der Waals surface area contributed by atoms with E-state index in [1.54, 1.807) is 0 Å². The lowest BCUT2D eigenvalue weighted by atomic mass is 10.1. The third kappa shape index (κ3) is 4.51. The van der Waals surface area contributed by atoms with Crippen molar-refractivity contribution in [3.63, 3.8) is 0 Å². The van der Waals surface area contributed by atoms with E-state index in [1.165, 1.54) is 31.5 Å². The van der Waals surface area contributed by atoms with Crippen LogP contribution in [0.2, 0.25) is 0 Å². The molecule has 4 N–H and O–H groups in total. The van der Waals surface area contributed by atoms with Crippen LogP contribution in [-0.2, 0) is 0 Å². The van der Waals surface area contributed by atoms with Crippen LogP contribution in [0.3, 0.4) is 0 Å². The highest BCUT2D eigenvalue weighted by atomic mass is 16.2. The van der Waals surface area contributed by atoms with Crippen molar-refractivity contribution < 1.29 is 4.79 Å². The lowest BCUT2D eigenvalue weighted by molar-refractivity contribution is 0.259. The molecule has 1 atom stereocenters. The van der Waals surface area contributed by atoms with Crippen molar-refractivity contribution in [1.82, 2.24) is 10.2 Å². The second kappa shape index (κ2) is 7.26. The fourth-order valence-corrected chi connectivity index (χ4v) is 2.56. The molecule has 20 heavy (non-hydrogen) atoms. The largest absolute Gasteiger partial charge is 0.351 e. The van der Waals surface area contributed by atoms with Gasteiger partial charge >= 0.3 is 6.03 Å². The minimum Gasteiger partial charge on any atom is -0.351 e. The number of likely N-dealkylation sites (tertiary alicyclic amines) is 1. The Hall–Kier alpha value is -1.59. The van der Waals surface area contributed by atoms with Crippen LogP contribution >= 0.6 is 0 Å². The molecule has 1 fully saturated rings. The maximum atomic E-state index is 10.7. The van der Waals surface area contributed by atoms with Gasteiger partial charge in [-0.3, -0.25) is 0 Å². The second-order valence-corrected chi connectivity index (χ2v) is 5.34. The summed E-state index contributed by atoms with van der Waals surface area (Å²) in [7, 11) is 0. The number of carbonyl (C=O) groups is 1. The number of amides is 2. The van der Waals surface area contributed by atoms with Crippen molar-refractivity contribution in [1.29, 1.82) is 0 Å². The van der Waals surface area contributed by atoms with Gasteiger partial charge in [-0.15, -0.1) is 0 Å². The summed E-state index contributed by atoms with van der Waals surface area (Å²) in [6.45, 7) is 6.75. The maximum absolute atomic E-state index is 10.7. The molecule has 1 heterocycles. The van der Waals surface area contributed by atoms with E-state index in [-0.39, 0.29) is 0 Å². The predicted octanol–water partition coefficient (Wildman–Crippen LogP) is 1.92. The molecule has 1 aliphatic heterocycles. The zero-order valence-electron chi connectivity index (χ0n) is 12.1. The normalized spacial score (nSPS) is 17.1. The van der Waals surface area contributed by atoms with Gasteiger partial charge in [-0.2, -0.15) is 0 Å². The number of carbonyl (C=O) groups excluding carboxylic acids is 1. The Balaban J connectivity index is 1.76. The van der Waals surface area contributed by atoms with Gasteiger partial charge in [0.2, 0.25) is 0 Å². The highest BCUT2D eigenvalue weighted by Gasteiger charge is 2.11. The molecule has 2 amide bonds. The Morgan fingerprint density at radius 3 is 2.55 bits per heavy atom. The molecular weight excluding hydrogens is 252 g/mol. The number of benzene rings is 1. The lowest BCUT2D eigenvalue weighted by Crippen LogP contribution is -2.31. The Labute approximate surface area is 120 Å². The van der Waals surface area contributed by atoms with E-state index in [4.69, 9.17) is 5.73 Å². The first-order chi connectivity index (χ1) is 9.65. The van der Waals surface area contributed by atoms with Crippen LogP contribution < -0.4 is 16.4 Å². The maximum Gasteiger partial charge on any atom is 0.316 e. The van der Waals surface area contributed by atoms with Gasteiger partial charge in [0.15, 0.2) is 0 Å². The number of nitrogens with two attached hydrogens (primary N) is 1. The minimum atomic E-state index is -0.533. The molecule has 110 valence electrons. The Kier molecular flexibility index (Phi) is 5.38. The fourth-order valence-electron chi connectivity index (χ4n) is 2.56. The van der Waals surface area contributed by atoms with Crippen LogP contribution in [-0.4, -0.2) is 37.1 Å². The Morgan fingerprint density at radius 2 is 1.95 bits per heavy atom. The molecule has 5 heteroatoms. The zero-order chi connectivity index (χ0) is 14.4. The summed E-state index contributed by atoms with van der Waals surface area (Å²) in [4.78, 5) is 13.2. The highest BCUT2D eigenvalue weighted by Crippen LogP contribution is 2.16. The Morgan fingerprint density at radius 1 is 1.30 bits per heavy atom. The standard InChI is InChI=1S/C15H24N4O/c1-12(17-8-11-19-9-2-3-10-19)13-4-6-14(7-5-13)18-15(16)20/h4-7,12,17H,2-3,8-11H2,1H3,(H3,16,18,20). The first-order valence-corrected chi connectivity index (χ1v) is 7.27. The smallest absolute Gasteiger partial charge is 0.316 e. The van der Waals surface area contributed by atoms with Crippen molar-refractivity contribution in [2.24, 2.45) is 5.73 Å². The van der Waals surface area contributed by atoms with Crippen molar-refractivity contribution in [2.45, 2.75) is 25.8 Å². The first kappa shape index (κ1) is 14.8. The molecule has 0 saturated carbocycles. The molecule has 0 radical (unpaired) electrons. The molecule has 0 aromatic heterocycles. The van der Waals surface area contributed by atoms with Crippen molar-refractivity contribution in [3.05, 3.63) is 29.8 Å². The number of hydrogen-bond acceptors (Lipinski definition) is 3. The quantitative estimate of drug-likeness (QED) is 0.743. The highest BCUT2D eigenvalue weighted by molar-refractivity contribution is 5.87. The van der Waals surface area contributed by atoms with Crippen molar-refractivity contribution in [2.75, 3.05) is 31.5 Å². The molecule has 1 saturated heterocycles. The van der Waals surface area contributed by atoms with E-state index >= 15 is 0 Å². The van der Waals surface area contributed by atoms with Gasteiger partial charge in [0.05, 0.1) is 0 Å². The average Bonchev–Trinajstić information content (AvgIpc) is 2.92. The zero-order valence-corrected chi connectivity index (χ0v) is 12.1. The van der Waals surface area contributed by atoms with E-state index in [9.17, 15) is 4.79 Å². The Bertz CT molecular complexity index is 426. The van der Waals surface area contributed by atoms with Gasteiger partial charge in [0.1, 0.15) is 0 Å². The predicted molar refractivity (Wildman–Crippen MR) is 81.7 cm³/mol. The number of nitrogens with zero attached hydrogens (tertiary/aromatic N) is 1. The molecule has 0 bridgehead atoms. The van der Waals surface area contributed by atoms with E-state index in [0.29, 0.717) is 6.04 Å². The van der Waals surface area contributed by atoms with Crippen molar-refractivity contribution in [3.8, 4) is 0 Å². The molecular formula is C15H24N4O. The summed E-state index contributed by atoms with van der Waals surface area (Å²) in [5.41, 5.74) is 7.02. The summed E-state index contributed by atoms with van der Waals surface area (Å²) >= 11 is 0. The van der Waals surface area contributed by atoms with Gasteiger partial charge in [0, 0.05) is 24.8 Å². The summed E-state index contributed by atoms with van der Waals surface area (Å²) < 4.78 is 0. The molecule has 1 aromatic carbocycles. The number of primary amides is 1. The third-order valence-corrected chi connectivity index (χ3v) is 3.76. The molecule has 5 nitrogen and oxygen atoms in total. The van der Waals surface area contributed by atoms with E-state index in [2.05, 4.69) is 22.5 Å². The number of urea groups is 1. The van der Waals surface area contributed by atoms with Crippen LogP contribution in [0.15, 0.2) is 24.3 Å². The van der Waals surface area contributed by atoms with E-state index in [0.717, 1.165) is 18.8 Å². The minimum absolute atomic E-state index is 0.306. The summed E-state index contributed by atoms with van der Waals surface area (Å²) in [5.74, 6) is 0. The van der Waals surface area contributed by atoms with Crippen LogP contribution in [0.1, 0.15) is 31.4 Å².